The Morgan fingerprint density at radius 2 is 0.600 bits per heavy atom. The first-order valence-electron chi connectivity index (χ1n) is 24.1. The van der Waals surface area contributed by atoms with Gasteiger partial charge in [-0.15, -0.1) is 0 Å². The van der Waals surface area contributed by atoms with Crippen molar-refractivity contribution in [2.75, 3.05) is 9.80 Å². The number of furan rings is 2. The molecule has 70 heavy (non-hydrogen) atoms. The molecule has 0 N–H and O–H groups in total. The van der Waals surface area contributed by atoms with Gasteiger partial charge in [0, 0.05) is 50.4 Å². The third-order valence-electron chi connectivity index (χ3n) is 14.3. The van der Waals surface area contributed by atoms with Gasteiger partial charge < -0.3 is 18.6 Å². The van der Waals surface area contributed by atoms with Crippen molar-refractivity contribution in [3.05, 3.63) is 241 Å². The van der Waals surface area contributed by atoms with E-state index in [1.54, 1.807) is 0 Å². The normalized spacial score (nSPS) is 11.7. The molecular formula is C66H48N2O2. The molecule has 0 radical (unpaired) electrons. The molecule has 2 heterocycles. The molecule has 2 aromatic heterocycles. The lowest BCUT2D eigenvalue weighted by Gasteiger charge is -2.29. The summed E-state index contributed by atoms with van der Waals surface area (Å²) in [5.41, 5.74) is 19.7. The van der Waals surface area contributed by atoms with E-state index < -0.39 is 0 Å². The van der Waals surface area contributed by atoms with Gasteiger partial charge in [0.25, 0.3) is 0 Å². The van der Waals surface area contributed by atoms with Gasteiger partial charge in [-0.05, 0) is 173 Å². The van der Waals surface area contributed by atoms with Crippen molar-refractivity contribution in [1.82, 2.24) is 0 Å². The maximum atomic E-state index is 6.70. The monoisotopic (exact) mass is 900 g/mol. The minimum atomic E-state index is 0.808. The maximum absolute atomic E-state index is 6.70. The summed E-state index contributed by atoms with van der Waals surface area (Å²) < 4.78 is 13.4. The number of hydrogen-bond acceptors (Lipinski definition) is 4. The summed E-state index contributed by atoms with van der Waals surface area (Å²) >= 11 is 0. The Morgan fingerprint density at radius 3 is 1.00 bits per heavy atom. The Kier molecular flexibility index (Phi) is 9.70. The van der Waals surface area contributed by atoms with Gasteiger partial charge in [-0.25, -0.2) is 0 Å². The van der Waals surface area contributed by atoms with Crippen molar-refractivity contribution in [3.8, 4) is 22.3 Å². The summed E-state index contributed by atoms with van der Waals surface area (Å²) in [4.78, 5) is 4.77. The summed E-state index contributed by atoms with van der Waals surface area (Å²) in [5.74, 6) is 0. The second-order valence-electron chi connectivity index (χ2n) is 18.8. The van der Waals surface area contributed by atoms with Crippen LogP contribution < -0.4 is 9.80 Å². The Bertz CT molecular complexity index is 3840. The maximum Gasteiger partial charge on any atom is 0.139 e. The van der Waals surface area contributed by atoms with E-state index in [1.807, 2.05) is 0 Å². The van der Waals surface area contributed by atoms with Gasteiger partial charge in [-0.2, -0.15) is 0 Å². The zero-order valence-corrected chi connectivity index (χ0v) is 39.5. The Hall–Kier alpha value is -8.86. The van der Waals surface area contributed by atoms with E-state index in [2.05, 4.69) is 256 Å². The SMILES string of the molecule is Cc1cccc(C)c1N(c1ccc(-c2ccccc2)cc1)c1ccc2cc3c(cc2c1)oc1cc2oc4cc5cc(N(c6ccc(-c7ccccc7)cc6)c6c(C)cccc6C)ccc5cc4c2cc13. The third-order valence-corrected chi connectivity index (χ3v) is 14.3. The van der Waals surface area contributed by atoms with E-state index in [1.165, 1.54) is 55.9 Å². The average molecular weight is 901 g/mol. The van der Waals surface area contributed by atoms with Crippen LogP contribution in [0.15, 0.2) is 227 Å². The molecule has 0 amide bonds. The Labute approximate surface area is 406 Å². The molecule has 0 saturated heterocycles. The number of rotatable bonds is 8. The third kappa shape index (κ3) is 6.99. The van der Waals surface area contributed by atoms with E-state index in [9.17, 15) is 0 Å². The van der Waals surface area contributed by atoms with Crippen molar-refractivity contribution in [2.45, 2.75) is 27.7 Å². The predicted octanol–water partition coefficient (Wildman–Crippen LogP) is 19.3. The first-order chi connectivity index (χ1) is 34.3. The van der Waals surface area contributed by atoms with Crippen LogP contribution in [0, 0.1) is 27.7 Å². The van der Waals surface area contributed by atoms with Crippen LogP contribution in [-0.4, -0.2) is 0 Å². The molecule has 4 heteroatoms. The van der Waals surface area contributed by atoms with Gasteiger partial charge in [0.15, 0.2) is 0 Å². The number of anilines is 6. The molecule has 0 unspecified atom stereocenters. The van der Waals surface area contributed by atoms with Crippen LogP contribution in [0.1, 0.15) is 22.3 Å². The van der Waals surface area contributed by atoms with Crippen LogP contribution >= 0.6 is 0 Å². The summed E-state index contributed by atoms with van der Waals surface area (Å²) in [7, 11) is 0. The number of hydrogen-bond donors (Lipinski definition) is 0. The first kappa shape index (κ1) is 41.3. The minimum absolute atomic E-state index is 0.808. The molecule has 11 aromatic carbocycles. The summed E-state index contributed by atoms with van der Waals surface area (Å²) in [6.07, 6.45) is 0. The van der Waals surface area contributed by atoms with Crippen LogP contribution in [-0.2, 0) is 0 Å². The molecule has 0 aliphatic carbocycles. The van der Waals surface area contributed by atoms with Crippen LogP contribution in [0.4, 0.5) is 34.1 Å². The molecular weight excluding hydrogens is 853 g/mol. The Balaban J connectivity index is 0.881. The van der Waals surface area contributed by atoms with E-state index in [-0.39, 0.29) is 0 Å². The minimum Gasteiger partial charge on any atom is -0.456 e. The molecule has 0 fully saturated rings. The molecule has 4 nitrogen and oxygen atoms in total. The molecule has 0 aliphatic rings. The number of fused-ring (bicyclic) bond motifs is 8. The van der Waals surface area contributed by atoms with Crippen LogP contribution in [0.25, 0.3) is 87.7 Å². The standard InChI is InChI=1S/C66H48N2O2/c1-41-13-11-14-42(2)65(41)67(53-27-21-47(22-28-53)45-17-7-5-8-18-45)55-31-25-49-35-57-59-39-60-58-36-50-26-32-56(34-52(50)38-62(58)70-64(60)40-63(59)69-61(57)37-51(49)33-55)68(66-43(3)15-12-16-44(66)4)54-29-23-48(24-30-54)46-19-9-6-10-20-46/h5-40H,1-4H3. The average Bonchev–Trinajstić information content (AvgIpc) is 3.92. The zero-order chi connectivity index (χ0) is 47.0. The molecule has 13 aromatic rings. The van der Waals surface area contributed by atoms with Gasteiger partial charge in [-0.3, -0.25) is 0 Å². The molecule has 0 bridgehead atoms. The van der Waals surface area contributed by atoms with E-state index in [4.69, 9.17) is 8.83 Å². The molecule has 0 spiro atoms. The highest BCUT2D eigenvalue weighted by Gasteiger charge is 2.21. The summed E-state index contributed by atoms with van der Waals surface area (Å²) in [5, 5.41) is 8.85. The van der Waals surface area contributed by atoms with E-state index >= 15 is 0 Å². The fourth-order valence-corrected chi connectivity index (χ4v) is 10.8. The molecule has 0 aliphatic heterocycles. The van der Waals surface area contributed by atoms with Crippen LogP contribution in [0.5, 0.6) is 0 Å². The van der Waals surface area contributed by atoms with Crippen LogP contribution in [0.2, 0.25) is 0 Å². The lowest BCUT2D eigenvalue weighted by atomic mass is 10.0. The second kappa shape index (κ2) is 16.4. The topological polar surface area (TPSA) is 32.8 Å². The quantitative estimate of drug-likeness (QED) is 0.152. The van der Waals surface area contributed by atoms with Crippen molar-refractivity contribution >= 4 is 99.5 Å². The van der Waals surface area contributed by atoms with Crippen molar-refractivity contribution < 1.29 is 8.83 Å². The number of para-hydroxylation sites is 2. The lowest BCUT2D eigenvalue weighted by molar-refractivity contribution is 0.656. The van der Waals surface area contributed by atoms with Gasteiger partial charge >= 0.3 is 0 Å². The highest BCUT2D eigenvalue weighted by Crippen LogP contribution is 2.45. The number of aryl methyl sites for hydroxylation is 4. The van der Waals surface area contributed by atoms with E-state index in [0.29, 0.717) is 0 Å². The van der Waals surface area contributed by atoms with Crippen molar-refractivity contribution in [1.29, 1.82) is 0 Å². The van der Waals surface area contributed by atoms with E-state index in [0.717, 1.165) is 88.2 Å². The van der Waals surface area contributed by atoms with Crippen molar-refractivity contribution in [2.24, 2.45) is 0 Å². The van der Waals surface area contributed by atoms with Gasteiger partial charge in [-0.1, -0.05) is 133 Å². The first-order valence-corrected chi connectivity index (χ1v) is 24.1. The second-order valence-corrected chi connectivity index (χ2v) is 18.8. The largest absolute Gasteiger partial charge is 0.456 e. The summed E-state index contributed by atoms with van der Waals surface area (Å²) in [6.45, 7) is 8.78. The van der Waals surface area contributed by atoms with Crippen LogP contribution in [0.3, 0.4) is 0 Å². The van der Waals surface area contributed by atoms with Crippen molar-refractivity contribution in [3.63, 3.8) is 0 Å². The smallest absolute Gasteiger partial charge is 0.139 e. The summed E-state index contributed by atoms with van der Waals surface area (Å²) in [6, 6.07) is 78.8. The highest BCUT2D eigenvalue weighted by molar-refractivity contribution is 6.18. The fraction of sp³-hybridized carbons (Fsp3) is 0.0606. The lowest BCUT2D eigenvalue weighted by Crippen LogP contribution is -2.12. The fourth-order valence-electron chi connectivity index (χ4n) is 10.8. The molecule has 13 rings (SSSR count). The highest BCUT2D eigenvalue weighted by atomic mass is 16.3. The number of nitrogens with zero attached hydrogens (tertiary/aromatic N) is 2. The Morgan fingerprint density at radius 1 is 0.257 bits per heavy atom. The zero-order valence-electron chi connectivity index (χ0n) is 39.5. The van der Waals surface area contributed by atoms with Gasteiger partial charge in [0.05, 0.1) is 11.4 Å². The molecule has 334 valence electrons. The number of benzene rings is 11. The van der Waals surface area contributed by atoms with Gasteiger partial charge in [0.2, 0.25) is 0 Å². The molecule has 0 atom stereocenters. The predicted molar refractivity (Wildman–Crippen MR) is 295 cm³/mol. The molecule has 0 saturated carbocycles. The van der Waals surface area contributed by atoms with Gasteiger partial charge in [0.1, 0.15) is 22.3 Å².